The van der Waals surface area contributed by atoms with E-state index in [4.69, 9.17) is 4.43 Å². The van der Waals surface area contributed by atoms with E-state index in [1.54, 1.807) is 0 Å². The first kappa shape index (κ1) is 10.1. The van der Waals surface area contributed by atoms with Crippen LogP contribution in [-0.4, -0.2) is 22.5 Å². The Morgan fingerprint density at radius 1 is 1.50 bits per heavy atom. The van der Waals surface area contributed by atoms with Crippen molar-refractivity contribution < 1.29 is 9.53 Å². The van der Waals surface area contributed by atoms with Gasteiger partial charge in [0.1, 0.15) is 6.61 Å². The van der Waals surface area contributed by atoms with E-state index in [1.807, 2.05) is 6.92 Å². The summed E-state index contributed by atoms with van der Waals surface area (Å²) in [5.41, 5.74) is 0. The molecule has 10 heavy (non-hydrogen) atoms. The van der Waals surface area contributed by atoms with Gasteiger partial charge in [0, 0.05) is 0 Å². The highest BCUT2D eigenvalue weighted by Gasteiger charge is 2.13. The molecule has 0 aliphatic heterocycles. The van der Waals surface area contributed by atoms with E-state index in [0.717, 1.165) is 0 Å². The largest absolute Gasteiger partial charge is 0.418 e. The van der Waals surface area contributed by atoms with Gasteiger partial charge in [0.2, 0.25) is 0 Å². The van der Waals surface area contributed by atoms with Crippen LogP contribution in [0.4, 0.5) is 0 Å². The maximum Gasteiger partial charge on any atom is 0.167 e. The predicted molar refractivity (Wildman–Crippen MR) is 44.4 cm³/mol. The molecule has 0 amide bonds. The lowest BCUT2D eigenvalue weighted by Crippen LogP contribution is -2.21. The van der Waals surface area contributed by atoms with Crippen molar-refractivity contribution in [3.8, 4) is 0 Å². The summed E-state index contributed by atoms with van der Waals surface area (Å²) in [6.45, 7) is 8.18. The Balaban J connectivity index is 3.36. The Bertz CT molecular complexity index is 88.1. The highest BCUT2D eigenvalue weighted by molar-refractivity contribution is 6.31. The molecule has 1 unspecified atom stereocenters. The van der Waals surface area contributed by atoms with Gasteiger partial charge < -0.3 is 4.43 Å². The molecular weight excluding hydrogens is 144 g/mol. The molecule has 0 fully saturated rings. The monoisotopic (exact) mass is 161 g/mol. The third-order valence-corrected chi connectivity index (χ3v) is 2.64. The van der Waals surface area contributed by atoms with Crippen molar-refractivity contribution in [2.24, 2.45) is 0 Å². The van der Waals surface area contributed by atoms with Crippen molar-refractivity contribution in [2.75, 3.05) is 6.61 Å². The average molecular weight is 161 g/mol. The van der Waals surface area contributed by atoms with Crippen LogP contribution in [-0.2, 0) is 9.53 Å². The minimum atomic E-state index is -0.509. The molecule has 0 rings (SSSR count). The summed E-state index contributed by atoms with van der Waals surface area (Å²) in [6, 6.07) is 0. The van der Waals surface area contributed by atoms with Gasteiger partial charge in [-0.3, -0.25) is 0 Å². The van der Waals surface area contributed by atoms with Gasteiger partial charge in [-0.25, -0.2) is 5.11 Å². The molecule has 0 aromatic rings. The summed E-state index contributed by atoms with van der Waals surface area (Å²) >= 11 is 0. The first-order valence-electron chi connectivity index (χ1n) is 3.65. The van der Waals surface area contributed by atoms with Crippen LogP contribution in [0.3, 0.4) is 0 Å². The van der Waals surface area contributed by atoms with Gasteiger partial charge in [0.15, 0.2) is 9.76 Å². The topological polar surface area (TPSA) is 29.1 Å². The predicted octanol–water partition coefficient (Wildman–Crippen LogP) is 1.12. The summed E-state index contributed by atoms with van der Waals surface area (Å²) in [7, 11) is -0.509. The molecule has 1 radical (unpaired) electrons. The van der Waals surface area contributed by atoms with Crippen molar-refractivity contribution in [3.63, 3.8) is 0 Å². The summed E-state index contributed by atoms with van der Waals surface area (Å²) in [4.78, 5) is 0. The van der Waals surface area contributed by atoms with Crippen LogP contribution < -0.4 is 0 Å². The van der Waals surface area contributed by atoms with E-state index in [9.17, 15) is 5.11 Å². The van der Waals surface area contributed by atoms with Crippen molar-refractivity contribution in [1.82, 2.24) is 0 Å². The zero-order chi connectivity index (χ0) is 8.20. The molecule has 0 saturated carbocycles. The third-order valence-electron chi connectivity index (χ3n) is 1.04. The quantitative estimate of drug-likeness (QED) is 0.570. The summed E-state index contributed by atoms with van der Waals surface area (Å²) in [6.07, 6.45) is -0.0779. The smallest absolute Gasteiger partial charge is 0.167 e. The zero-order valence-corrected chi connectivity index (χ0v) is 8.72. The van der Waals surface area contributed by atoms with Gasteiger partial charge in [-0.05, 0) is 12.0 Å². The van der Waals surface area contributed by atoms with Crippen LogP contribution in [0.15, 0.2) is 0 Å². The van der Waals surface area contributed by atoms with Gasteiger partial charge >= 0.3 is 0 Å². The fourth-order valence-electron chi connectivity index (χ4n) is 0.440. The Morgan fingerprint density at radius 3 is 2.30 bits per heavy atom. The van der Waals surface area contributed by atoms with Gasteiger partial charge in [0.25, 0.3) is 0 Å². The molecule has 1 atom stereocenters. The van der Waals surface area contributed by atoms with Crippen LogP contribution in [0.25, 0.3) is 0 Å². The van der Waals surface area contributed by atoms with E-state index >= 15 is 0 Å². The van der Waals surface area contributed by atoms with Crippen molar-refractivity contribution in [2.45, 2.75) is 38.8 Å². The SMILES string of the molecule is CC(C[O])O[SiH2]C(C)(C)C. The second-order valence-electron chi connectivity index (χ2n) is 3.85. The summed E-state index contributed by atoms with van der Waals surface area (Å²) in [5, 5.41) is 10.6. The molecule has 3 heteroatoms. The van der Waals surface area contributed by atoms with Crippen molar-refractivity contribution in [3.05, 3.63) is 0 Å². The van der Waals surface area contributed by atoms with Crippen molar-refractivity contribution >= 4 is 9.76 Å². The van der Waals surface area contributed by atoms with Gasteiger partial charge in [-0.1, -0.05) is 20.8 Å². The molecule has 0 saturated heterocycles. The Morgan fingerprint density at radius 2 is 2.00 bits per heavy atom. The van der Waals surface area contributed by atoms with Crippen LogP contribution in [0, 0.1) is 0 Å². The first-order valence-corrected chi connectivity index (χ1v) is 4.94. The molecule has 0 N–H and O–H groups in total. The third kappa shape index (κ3) is 6.26. The molecule has 0 aliphatic rings. The Kier molecular flexibility index (Phi) is 4.16. The number of hydrogen-bond acceptors (Lipinski definition) is 1. The fraction of sp³-hybridized carbons (Fsp3) is 1.00. The summed E-state index contributed by atoms with van der Waals surface area (Å²) in [5.74, 6) is 0. The summed E-state index contributed by atoms with van der Waals surface area (Å²) < 4.78 is 5.38. The van der Waals surface area contributed by atoms with Gasteiger partial charge in [0.05, 0.1) is 6.10 Å². The van der Waals surface area contributed by atoms with Crippen molar-refractivity contribution in [1.29, 1.82) is 0 Å². The van der Waals surface area contributed by atoms with Crippen LogP contribution in [0.2, 0.25) is 5.04 Å². The molecule has 0 spiro atoms. The number of rotatable bonds is 3. The second kappa shape index (κ2) is 4.11. The fourth-order valence-corrected chi connectivity index (χ4v) is 1.32. The molecule has 2 nitrogen and oxygen atoms in total. The average Bonchev–Trinajstić information content (AvgIpc) is 1.81. The lowest BCUT2D eigenvalue weighted by molar-refractivity contribution is 0.0830. The van der Waals surface area contributed by atoms with Gasteiger partial charge in [-0.15, -0.1) is 0 Å². The van der Waals surface area contributed by atoms with Gasteiger partial charge in [-0.2, -0.15) is 0 Å². The molecule has 0 aromatic heterocycles. The maximum atomic E-state index is 10.2. The number of hydrogen-bond donors (Lipinski definition) is 0. The molecule has 0 aromatic carbocycles. The standard InChI is InChI=1S/C7H17O2Si/c1-6(5-8)9-10-7(2,3)4/h6H,5,10H2,1-4H3. The van der Waals surface area contributed by atoms with Crippen LogP contribution in [0.5, 0.6) is 0 Å². The molecule has 0 bridgehead atoms. The maximum absolute atomic E-state index is 10.2. The van der Waals surface area contributed by atoms with E-state index < -0.39 is 9.76 Å². The second-order valence-corrected chi connectivity index (χ2v) is 6.59. The molecule has 61 valence electrons. The lowest BCUT2D eigenvalue weighted by Gasteiger charge is -2.19. The van der Waals surface area contributed by atoms with Crippen LogP contribution >= 0.6 is 0 Å². The highest BCUT2D eigenvalue weighted by atomic mass is 28.2. The zero-order valence-electron chi connectivity index (χ0n) is 7.31. The molecule has 0 heterocycles. The highest BCUT2D eigenvalue weighted by Crippen LogP contribution is 2.20. The minimum absolute atomic E-state index is 0.0779. The normalized spacial score (nSPS) is 16.5. The molecule has 0 aliphatic carbocycles. The Labute approximate surface area is 65.5 Å². The van der Waals surface area contributed by atoms with E-state index in [-0.39, 0.29) is 12.7 Å². The van der Waals surface area contributed by atoms with E-state index in [0.29, 0.717) is 5.04 Å². The van der Waals surface area contributed by atoms with E-state index in [2.05, 4.69) is 20.8 Å². The minimum Gasteiger partial charge on any atom is -0.418 e. The van der Waals surface area contributed by atoms with Crippen LogP contribution in [0.1, 0.15) is 27.7 Å². The Hall–Kier alpha value is 0.137. The molecular formula is C7H17O2Si. The lowest BCUT2D eigenvalue weighted by atomic mass is 10.3. The first-order chi connectivity index (χ1) is 4.45. The van der Waals surface area contributed by atoms with E-state index in [1.165, 1.54) is 0 Å².